The van der Waals surface area contributed by atoms with Crippen LogP contribution in [0, 0.1) is 33.6 Å². The van der Waals surface area contributed by atoms with Crippen molar-refractivity contribution in [3.05, 3.63) is 98.8 Å². The molecule has 1 unspecified atom stereocenters. The van der Waals surface area contributed by atoms with Crippen LogP contribution < -0.4 is 9.64 Å². The molecule has 6 heterocycles. The van der Waals surface area contributed by atoms with E-state index in [4.69, 9.17) is 42.9 Å². The molecule has 294 valence electrons. The molecule has 0 N–H and O–H groups in total. The summed E-state index contributed by atoms with van der Waals surface area (Å²) in [6.45, 7) is 13.5. The Morgan fingerprint density at radius 1 is 0.947 bits per heavy atom. The largest absolute Gasteiger partial charge is 0.494 e. The van der Waals surface area contributed by atoms with Gasteiger partial charge >= 0.3 is 0 Å². The third-order valence-corrected chi connectivity index (χ3v) is 12.7. The molecule has 0 radical (unpaired) electrons. The van der Waals surface area contributed by atoms with Crippen LogP contribution in [0.2, 0.25) is 10.0 Å². The minimum atomic E-state index is -0.0778. The maximum absolute atomic E-state index is 15.3. The third kappa shape index (κ3) is 6.31. The first-order chi connectivity index (χ1) is 27.4. The lowest BCUT2D eigenvalue weighted by Gasteiger charge is -2.34. The van der Waals surface area contributed by atoms with E-state index in [1.54, 1.807) is 6.33 Å². The Bertz CT molecular complexity index is 2710. The fourth-order valence-corrected chi connectivity index (χ4v) is 9.19. The maximum atomic E-state index is 15.3. The number of rotatable bonds is 10. The summed E-state index contributed by atoms with van der Waals surface area (Å²) < 4.78 is 19.8. The van der Waals surface area contributed by atoms with Crippen LogP contribution in [-0.4, -0.2) is 66.0 Å². The molecule has 11 nitrogen and oxygen atoms in total. The molecule has 1 saturated heterocycles. The van der Waals surface area contributed by atoms with E-state index in [0.717, 1.165) is 103 Å². The summed E-state index contributed by atoms with van der Waals surface area (Å²) in [7, 11) is 3.98. The standard InChI is InChI=1S/C44H46Cl2N8O3/c1-24-15-31(16-25(2)40(24)46)57-14-8-9-32-33-11-12-35(45)39(38-27(4)48-51(7)28(38)5)41(33)54-26(3)18-53(44(55)42(32)54)37-20-50(6)36-13-10-30(17-34(36)37)43-47-23-52(49-43)19-29-21-56-22-29/h10-13,15-17,20,23,26,29H,8-9,14,18-19,21-22H2,1-7H3. The molecule has 7 aromatic rings. The molecule has 0 spiro atoms. The van der Waals surface area contributed by atoms with Gasteiger partial charge in [0, 0.05) is 89.0 Å². The van der Waals surface area contributed by atoms with Gasteiger partial charge < -0.3 is 23.5 Å². The highest BCUT2D eigenvalue weighted by Gasteiger charge is 2.38. The second kappa shape index (κ2) is 14.4. The third-order valence-electron chi connectivity index (χ3n) is 11.8. The normalized spacial score (nSPS) is 15.9. The summed E-state index contributed by atoms with van der Waals surface area (Å²) in [5.74, 6) is 1.86. The van der Waals surface area contributed by atoms with Gasteiger partial charge in [-0.15, -0.1) is 0 Å². The highest BCUT2D eigenvalue weighted by atomic mass is 35.5. The molecule has 4 aromatic heterocycles. The van der Waals surface area contributed by atoms with Crippen molar-refractivity contribution < 1.29 is 14.3 Å². The monoisotopic (exact) mass is 804 g/mol. The van der Waals surface area contributed by atoms with E-state index in [1.807, 2.05) is 67.3 Å². The van der Waals surface area contributed by atoms with Gasteiger partial charge in [-0.1, -0.05) is 29.3 Å². The molecule has 1 amide bonds. The number of carbonyl (C=O) groups is 1. The number of amides is 1. The van der Waals surface area contributed by atoms with E-state index < -0.39 is 0 Å². The molecule has 1 fully saturated rings. The lowest BCUT2D eigenvalue weighted by molar-refractivity contribution is -0.0408. The topological polar surface area (TPSA) is 97.2 Å². The average Bonchev–Trinajstić information content (AvgIpc) is 3.92. The predicted octanol–water partition coefficient (Wildman–Crippen LogP) is 9.21. The number of benzene rings is 3. The van der Waals surface area contributed by atoms with Gasteiger partial charge in [-0.25, -0.2) is 4.98 Å². The fraction of sp³-hybridized carbons (Fsp3) is 0.364. The quantitative estimate of drug-likeness (QED) is 0.128. The Hall–Kier alpha value is -5.10. The number of aryl methyl sites for hydroxylation is 6. The van der Waals surface area contributed by atoms with Crippen LogP contribution in [0.5, 0.6) is 5.75 Å². The van der Waals surface area contributed by atoms with E-state index in [2.05, 4.69) is 58.4 Å². The van der Waals surface area contributed by atoms with Crippen molar-refractivity contribution in [2.75, 3.05) is 31.3 Å². The molecule has 3 aromatic carbocycles. The van der Waals surface area contributed by atoms with Gasteiger partial charge in [0.05, 0.1) is 41.7 Å². The van der Waals surface area contributed by atoms with Crippen molar-refractivity contribution in [1.29, 1.82) is 0 Å². The summed E-state index contributed by atoms with van der Waals surface area (Å²) in [6.07, 6.45) is 5.18. The van der Waals surface area contributed by atoms with Crippen molar-refractivity contribution >= 4 is 56.6 Å². The number of nitrogens with zero attached hydrogens (tertiary/aromatic N) is 8. The van der Waals surface area contributed by atoms with E-state index in [0.29, 0.717) is 48.5 Å². The number of anilines is 1. The van der Waals surface area contributed by atoms with E-state index in [1.165, 1.54) is 0 Å². The van der Waals surface area contributed by atoms with Gasteiger partial charge in [0.25, 0.3) is 5.91 Å². The predicted molar refractivity (Wildman–Crippen MR) is 226 cm³/mol. The van der Waals surface area contributed by atoms with Crippen molar-refractivity contribution in [2.45, 2.75) is 60.0 Å². The zero-order valence-corrected chi connectivity index (χ0v) is 34.9. The maximum Gasteiger partial charge on any atom is 0.275 e. The van der Waals surface area contributed by atoms with E-state index in [9.17, 15) is 0 Å². The molecule has 2 aliphatic rings. The fourth-order valence-electron chi connectivity index (χ4n) is 8.83. The Kier molecular flexibility index (Phi) is 9.45. The summed E-state index contributed by atoms with van der Waals surface area (Å²) in [4.78, 5) is 21.9. The van der Waals surface area contributed by atoms with Gasteiger partial charge in [-0.2, -0.15) is 10.2 Å². The second-order valence-corrected chi connectivity index (χ2v) is 16.6. The van der Waals surface area contributed by atoms with Gasteiger partial charge in [-0.05, 0) is 101 Å². The zero-order chi connectivity index (χ0) is 39.9. The smallest absolute Gasteiger partial charge is 0.275 e. The number of fused-ring (bicyclic) bond motifs is 4. The molecular weight excluding hydrogens is 759 g/mol. The van der Waals surface area contributed by atoms with Crippen LogP contribution in [0.15, 0.2) is 55.0 Å². The van der Waals surface area contributed by atoms with Crippen molar-refractivity contribution in [3.8, 4) is 28.3 Å². The van der Waals surface area contributed by atoms with Gasteiger partial charge in [0.2, 0.25) is 0 Å². The Labute approximate surface area is 341 Å². The molecule has 13 heteroatoms. The number of ether oxygens (including phenoxy) is 2. The van der Waals surface area contributed by atoms with Crippen molar-refractivity contribution in [3.63, 3.8) is 0 Å². The molecule has 1 atom stereocenters. The number of hydrogen-bond donors (Lipinski definition) is 0. The van der Waals surface area contributed by atoms with Crippen molar-refractivity contribution in [1.82, 2.24) is 33.7 Å². The first kappa shape index (κ1) is 37.5. The Morgan fingerprint density at radius 2 is 1.72 bits per heavy atom. The minimum Gasteiger partial charge on any atom is -0.494 e. The number of halogens is 2. The lowest BCUT2D eigenvalue weighted by Crippen LogP contribution is -2.42. The van der Waals surface area contributed by atoms with Gasteiger partial charge in [-0.3, -0.25) is 14.2 Å². The van der Waals surface area contributed by atoms with Gasteiger partial charge in [0.15, 0.2) is 5.82 Å². The first-order valence-electron chi connectivity index (χ1n) is 19.5. The highest BCUT2D eigenvalue weighted by molar-refractivity contribution is 6.35. The molecule has 2 aliphatic heterocycles. The number of aromatic nitrogens is 7. The summed E-state index contributed by atoms with van der Waals surface area (Å²) in [5.41, 5.74) is 11.2. The van der Waals surface area contributed by atoms with E-state index >= 15 is 4.79 Å². The number of carbonyl (C=O) groups excluding carboxylic acids is 1. The number of hydrogen-bond acceptors (Lipinski definition) is 6. The van der Waals surface area contributed by atoms with Gasteiger partial charge in [0.1, 0.15) is 17.8 Å². The molecule has 0 saturated carbocycles. The zero-order valence-electron chi connectivity index (χ0n) is 33.4. The summed E-state index contributed by atoms with van der Waals surface area (Å²) in [5, 5.41) is 12.9. The minimum absolute atomic E-state index is 0.0473. The Balaban J connectivity index is 1.13. The van der Waals surface area contributed by atoms with Crippen LogP contribution in [0.4, 0.5) is 5.69 Å². The summed E-state index contributed by atoms with van der Waals surface area (Å²) >= 11 is 13.6. The molecule has 0 aliphatic carbocycles. The van der Waals surface area contributed by atoms with Crippen LogP contribution in [-0.2, 0) is 31.8 Å². The average molecular weight is 806 g/mol. The Morgan fingerprint density at radius 3 is 2.42 bits per heavy atom. The van der Waals surface area contributed by atoms with Crippen LogP contribution in [0.3, 0.4) is 0 Å². The van der Waals surface area contributed by atoms with Crippen LogP contribution >= 0.6 is 23.2 Å². The van der Waals surface area contributed by atoms with Crippen molar-refractivity contribution in [2.24, 2.45) is 20.0 Å². The molecule has 57 heavy (non-hydrogen) atoms. The summed E-state index contributed by atoms with van der Waals surface area (Å²) in [6, 6.07) is 14.2. The second-order valence-electron chi connectivity index (χ2n) is 15.8. The highest BCUT2D eigenvalue weighted by Crippen LogP contribution is 2.46. The molecular formula is C44H46Cl2N8O3. The molecule has 9 rings (SSSR count). The van der Waals surface area contributed by atoms with Crippen LogP contribution in [0.25, 0.3) is 44.3 Å². The first-order valence-corrected chi connectivity index (χ1v) is 20.3. The molecule has 0 bridgehead atoms. The lowest BCUT2D eigenvalue weighted by atomic mass is 9.98. The SMILES string of the molecule is Cc1cc(OCCCc2c3n(c4c(-c5c(C)nn(C)c5C)c(Cl)ccc24)C(C)CN(c2cn(C)c4ccc(-c5ncn(CC6COC6)n5)cc24)C3=O)cc(C)c1Cl. The van der Waals surface area contributed by atoms with E-state index in [-0.39, 0.29) is 11.9 Å². The van der Waals surface area contributed by atoms with Crippen LogP contribution in [0.1, 0.15) is 58.0 Å².